The number of rotatable bonds is 5. The molecule has 2 N–H and O–H groups in total. The second kappa shape index (κ2) is 9.10. The molecule has 0 unspecified atom stereocenters. The van der Waals surface area contributed by atoms with E-state index in [1.54, 1.807) is 26.8 Å². The van der Waals surface area contributed by atoms with E-state index in [9.17, 15) is 14.4 Å². The number of nitrogens with one attached hydrogen (secondary N) is 2. The van der Waals surface area contributed by atoms with Crippen molar-refractivity contribution in [2.24, 2.45) is 0 Å². The number of imide groups is 1. The van der Waals surface area contributed by atoms with Crippen LogP contribution in [0.2, 0.25) is 5.02 Å². The van der Waals surface area contributed by atoms with Crippen LogP contribution in [0.4, 0.5) is 4.79 Å². The molecule has 0 atom stereocenters. The summed E-state index contributed by atoms with van der Waals surface area (Å²) >= 11 is 7.53. The van der Waals surface area contributed by atoms with Crippen LogP contribution in [0.3, 0.4) is 0 Å². The number of esters is 1. The van der Waals surface area contributed by atoms with Gasteiger partial charge in [0.25, 0.3) is 5.91 Å². The summed E-state index contributed by atoms with van der Waals surface area (Å²) in [7, 11) is 0. The minimum Gasteiger partial charge on any atom is -0.455 e. The third-order valence-electron chi connectivity index (χ3n) is 3.27. The monoisotopic (exact) mass is 408 g/mol. The third kappa shape index (κ3) is 6.77. The Morgan fingerprint density at radius 2 is 1.78 bits per heavy atom. The fraction of sp³-hybridized carbons (Fsp3) is 0.316. The van der Waals surface area contributed by atoms with Crippen molar-refractivity contribution in [3.63, 3.8) is 0 Å². The summed E-state index contributed by atoms with van der Waals surface area (Å²) in [5.41, 5.74) is -0.475. The highest BCUT2D eigenvalue weighted by molar-refractivity contribution is 8.00. The molecule has 0 heterocycles. The van der Waals surface area contributed by atoms with Gasteiger partial charge >= 0.3 is 12.0 Å². The lowest BCUT2D eigenvalue weighted by Crippen LogP contribution is -2.49. The molecule has 3 amide bonds. The summed E-state index contributed by atoms with van der Waals surface area (Å²) in [6.07, 6.45) is 0. The second-order valence-electron chi connectivity index (χ2n) is 6.80. The van der Waals surface area contributed by atoms with Gasteiger partial charge in [0.05, 0.1) is 5.75 Å². The van der Waals surface area contributed by atoms with Gasteiger partial charge in [0.1, 0.15) is 0 Å². The van der Waals surface area contributed by atoms with Crippen molar-refractivity contribution in [2.45, 2.75) is 31.2 Å². The van der Waals surface area contributed by atoms with Gasteiger partial charge in [0.2, 0.25) is 0 Å². The fourth-order valence-corrected chi connectivity index (χ4v) is 3.48. The van der Waals surface area contributed by atoms with E-state index in [4.69, 9.17) is 16.3 Å². The average Bonchev–Trinajstić information content (AvgIpc) is 2.56. The van der Waals surface area contributed by atoms with Crippen LogP contribution in [0, 0.1) is 0 Å². The Kier molecular flexibility index (Phi) is 7.10. The smallest absolute Gasteiger partial charge is 0.321 e. The van der Waals surface area contributed by atoms with E-state index >= 15 is 0 Å². The first-order chi connectivity index (χ1) is 12.7. The second-order valence-corrected chi connectivity index (χ2v) is 8.22. The molecule has 2 aromatic rings. The standard InChI is InChI=1S/C19H21ClN2O4S/c1-19(2,3)22-18(25)21-15(23)10-26-16(24)11-27-14-9-5-7-12-6-4-8-13(20)17(12)14/h4-9H,10-11H2,1-3H3,(H2,21,22,23,25). The number of carbonyl (C=O) groups is 3. The van der Waals surface area contributed by atoms with Crippen molar-refractivity contribution in [1.29, 1.82) is 0 Å². The molecule has 2 rings (SSSR count). The van der Waals surface area contributed by atoms with Crippen LogP contribution < -0.4 is 10.6 Å². The molecule has 2 aromatic carbocycles. The first kappa shape index (κ1) is 21.1. The molecular formula is C19H21ClN2O4S. The van der Waals surface area contributed by atoms with Gasteiger partial charge in [0, 0.05) is 20.8 Å². The lowest BCUT2D eigenvalue weighted by Gasteiger charge is -2.20. The highest BCUT2D eigenvalue weighted by atomic mass is 35.5. The van der Waals surface area contributed by atoms with E-state index in [2.05, 4.69) is 10.6 Å². The Balaban J connectivity index is 1.84. The number of halogens is 1. The molecule has 0 saturated carbocycles. The van der Waals surface area contributed by atoms with Crippen molar-refractivity contribution in [3.05, 3.63) is 41.4 Å². The van der Waals surface area contributed by atoms with Crippen LogP contribution in [0.15, 0.2) is 41.3 Å². The van der Waals surface area contributed by atoms with Crippen LogP contribution in [0.25, 0.3) is 10.8 Å². The highest BCUT2D eigenvalue weighted by Crippen LogP contribution is 2.33. The normalized spacial score (nSPS) is 11.1. The molecule has 0 spiro atoms. The molecule has 0 aliphatic carbocycles. The van der Waals surface area contributed by atoms with Gasteiger partial charge in [-0.15, -0.1) is 11.8 Å². The lowest BCUT2D eigenvalue weighted by molar-refractivity contribution is -0.145. The van der Waals surface area contributed by atoms with E-state index < -0.39 is 30.1 Å². The minimum absolute atomic E-state index is 0.0196. The minimum atomic E-state index is -0.691. The van der Waals surface area contributed by atoms with Gasteiger partial charge in [-0.05, 0) is 38.3 Å². The fourth-order valence-electron chi connectivity index (χ4n) is 2.24. The molecule has 0 fully saturated rings. The van der Waals surface area contributed by atoms with Gasteiger partial charge in [-0.1, -0.05) is 35.9 Å². The molecule has 8 heteroatoms. The Labute approximate surface area is 167 Å². The predicted molar refractivity (Wildman–Crippen MR) is 107 cm³/mol. The number of hydrogen-bond acceptors (Lipinski definition) is 5. The van der Waals surface area contributed by atoms with E-state index in [-0.39, 0.29) is 5.75 Å². The van der Waals surface area contributed by atoms with Crippen molar-refractivity contribution < 1.29 is 19.1 Å². The van der Waals surface area contributed by atoms with Crippen LogP contribution >= 0.6 is 23.4 Å². The topological polar surface area (TPSA) is 84.5 Å². The summed E-state index contributed by atoms with van der Waals surface area (Å²) < 4.78 is 4.91. The highest BCUT2D eigenvalue weighted by Gasteiger charge is 2.17. The zero-order valence-electron chi connectivity index (χ0n) is 15.3. The van der Waals surface area contributed by atoms with Gasteiger partial charge in [-0.2, -0.15) is 0 Å². The molecule has 144 valence electrons. The van der Waals surface area contributed by atoms with Crippen molar-refractivity contribution in [1.82, 2.24) is 10.6 Å². The molecule has 0 saturated heterocycles. The van der Waals surface area contributed by atoms with Crippen LogP contribution in [0.1, 0.15) is 20.8 Å². The van der Waals surface area contributed by atoms with E-state index in [0.29, 0.717) is 5.02 Å². The van der Waals surface area contributed by atoms with Crippen LogP contribution in [-0.4, -0.2) is 35.8 Å². The Morgan fingerprint density at radius 1 is 1.11 bits per heavy atom. The SMILES string of the molecule is CC(C)(C)NC(=O)NC(=O)COC(=O)CSc1cccc2cccc(Cl)c12. The number of urea groups is 1. The van der Waals surface area contributed by atoms with Crippen molar-refractivity contribution in [2.75, 3.05) is 12.4 Å². The van der Waals surface area contributed by atoms with Gasteiger partial charge in [-0.25, -0.2) is 4.79 Å². The maximum Gasteiger partial charge on any atom is 0.321 e. The van der Waals surface area contributed by atoms with E-state index in [0.717, 1.165) is 15.7 Å². The van der Waals surface area contributed by atoms with Crippen molar-refractivity contribution in [3.8, 4) is 0 Å². The molecule has 0 aliphatic rings. The first-order valence-electron chi connectivity index (χ1n) is 8.23. The Bertz CT molecular complexity index is 859. The number of carbonyl (C=O) groups excluding carboxylic acids is 3. The quantitative estimate of drug-likeness (QED) is 0.581. The number of amides is 3. The molecule has 0 bridgehead atoms. The molecule has 6 nitrogen and oxygen atoms in total. The summed E-state index contributed by atoms with van der Waals surface area (Å²) in [5, 5.41) is 7.14. The maximum absolute atomic E-state index is 11.9. The number of ether oxygens (including phenoxy) is 1. The largest absolute Gasteiger partial charge is 0.455 e. The lowest BCUT2D eigenvalue weighted by atomic mass is 10.1. The van der Waals surface area contributed by atoms with Gasteiger partial charge in [0.15, 0.2) is 6.61 Å². The van der Waals surface area contributed by atoms with Crippen LogP contribution in [0.5, 0.6) is 0 Å². The predicted octanol–water partition coefficient (Wildman–Crippen LogP) is 3.75. The van der Waals surface area contributed by atoms with E-state index in [1.165, 1.54) is 11.8 Å². The first-order valence-corrected chi connectivity index (χ1v) is 9.60. The Morgan fingerprint density at radius 3 is 2.44 bits per heavy atom. The summed E-state index contributed by atoms with van der Waals surface area (Å²) in [6, 6.07) is 10.7. The maximum atomic E-state index is 11.9. The van der Waals surface area contributed by atoms with Gasteiger partial charge in [-0.3, -0.25) is 14.9 Å². The summed E-state index contributed by atoms with van der Waals surface area (Å²) in [6.45, 7) is 4.84. The zero-order valence-corrected chi connectivity index (χ0v) is 16.9. The average molecular weight is 409 g/mol. The van der Waals surface area contributed by atoms with E-state index in [1.807, 2.05) is 30.3 Å². The molecule has 0 aliphatic heterocycles. The molecule has 0 aromatic heterocycles. The van der Waals surface area contributed by atoms with Crippen molar-refractivity contribution >= 4 is 52.0 Å². The number of hydrogen-bond donors (Lipinski definition) is 2. The van der Waals surface area contributed by atoms with Gasteiger partial charge < -0.3 is 10.1 Å². The Hall–Kier alpha value is -2.25. The molecular weight excluding hydrogens is 388 g/mol. The number of thioether (sulfide) groups is 1. The molecule has 27 heavy (non-hydrogen) atoms. The number of fused-ring (bicyclic) bond motifs is 1. The third-order valence-corrected chi connectivity index (χ3v) is 4.61. The van der Waals surface area contributed by atoms with Crippen LogP contribution in [-0.2, 0) is 14.3 Å². The number of benzene rings is 2. The summed E-state index contributed by atoms with van der Waals surface area (Å²) in [5.74, 6) is -1.23. The molecule has 0 radical (unpaired) electrons. The summed E-state index contributed by atoms with van der Waals surface area (Å²) in [4.78, 5) is 36.0. The zero-order chi connectivity index (χ0) is 20.0.